The second-order valence-corrected chi connectivity index (χ2v) is 5.45. The van der Waals surface area contributed by atoms with Crippen LogP contribution in [0, 0.1) is 0 Å². The first-order valence-electron chi connectivity index (χ1n) is 6.47. The molecule has 0 bridgehead atoms. The van der Waals surface area contributed by atoms with Crippen molar-refractivity contribution < 1.29 is 9.90 Å². The molecule has 0 saturated heterocycles. The van der Waals surface area contributed by atoms with E-state index in [1.54, 1.807) is 18.2 Å². The van der Waals surface area contributed by atoms with Crippen molar-refractivity contribution in [2.45, 2.75) is 0 Å². The van der Waals surface area contributed by atoms with Gasteiger partial charge in [0.2, 0.25) is 0 Å². The molecule has 2 N–H and O–H groups in total. The number of carbonyl (C=O) groups is 1. The van der Waals surface area contributed by atoms with Gasteiger partial charge in [0.1, 0.15) is 5.75 Å². The molecule has 1 amide bonds. The number of hydrogen-bond acceptors (Lipinski definition) is 3. The van der Waals surface area contributed by atoms with E-state index in [1.165, 1.54) is 17.4 Å². The molecule has 0 fully saturated rings. The molecule has 0 saturated carbocycles. The molecule has 1 aromatic heterocycles. The van der Waals surface area contributed by atoms with E-state index in [1.807, 2.05) is 41.8 Å². The SMILES string of the molecule is O=C(Nc1cccc(O)c1)c1sccc1-c1ccccc1. The summed E-state index contributed by atoms with van der Waals surface area (Å²) in [7, 11) is 0. The smallest absolute Gasteiger partial charge is 0.266 e. The van der Waals surface area contributed by atoms with Gasteiger partial charge in [0.15, 0.2) is 0 Å². The van der Waals surface area contributed by atoms with Crippen LogP contribution in [0.4, 0.5) is 5.69 Å². The summed E-state index contributed by atoms with van der Waals surface area (Å²) < 4.78 is 0. The number of aromatic hydroxyl groups is 1. The molecule has 0 atom stereocenters. The van der Waals surface area contributed by atoms with Crippen molar-refractivity contribution >= 4 is 22.9 Å². The van der Waals surface area contributed by atoms with Crippen LogP contribution in [0.1, 0.15) is 9.67 Å². The van der Waals surface area contributed by atoms with Crippen LogP contribution in [-0.4, -0.2) is 11.0 Å². The van der Waals surface area contributed by atoms with Crippen LogP contribution in [0.2, 0.25) is 0 Å². The maximum atomic E-state index is 12.4. The van der Waals surface area contributed by atoms with Gasteiger partial charge in [-0.3, -0.25) is 4.79 Å². The predicted molar refractivity (Wildman–Crippen MR) is 85.8 cm³/mol. The zero-order chi connectivity index (χ0) is 14.7. The number of thiophene rings is 1. The van der Waals surface area contributed by atoms with Gasteiger partial charge in [0, 0.05) is 17.3 Å². The highest BCUT2D eigenvalue weighted by molar-refractivity contribution is 7.12. The lowest BCUT2D eigenvalue weighted by atomic mass is 10.1. The molecule has 0 spiro atoms. The molecule has 3 nitrogen and oxygen atoms in total. The standard InChI is InChI=1S/C17H13NO2S/c19-14-8-4-7-13(11-14)18-17(20)16-15(9-10-21-16)12-5-2-1-3-6-12/h1-11,19H,(H,18,20). The second kappa shape index (κ2) is 5.81. The maximum absolute atomic E-state index is 12.4. The van der Waals surface area contributed by atoms with Gasteiger partial charge >= 0.3 is 0 Å². The number of nitrogens with one attached hydrogen (secondary N) is 1. The number of phenolic OH excluding ortho intramolecular Hbond substituents is 1. The fourth-order valence-corrected chi connectivity index (χ4v) is 2.91. The first kappa shape index (κ1) is 13.4. The van der Waals surface area contributed by atoms with E-state index in [-0.39, 0.29) is 11.7 Å². The Kier molecular flexibility index (Phi) is 3.71. The summed E-state index contributed by atoms with van der Waals surface area (Å²) in [5.74, 6) is -0.0447. The van der Waals surface area contributed by atoms with Crippen LogP contribution in [0.15, 0.2) is 66.0 Å². The average Bonchev–Trinajstić information content (AvgIpc) is 2.98. The van der Waals surface area contributed by atoms with Crippen LogP contribution < -0.4 is 5.32 Å². The van der Waals surface area contributed by atoms with Crippen LogP contribution in [-0.2, 0) is 0 Å². The number of benzene rings is 2. The molecule has 1 heterocycles. The summed E-state index contributed by atoms with van der Waals surface area (Å²) >= 11 is 1.40. The third-order valence-corrected chi connectivity index (χ3v) is 3.97. The van der Waals surface area contributed by atoms with E-state index in [2.05, 4.69) is 5.32 Å². The zero-order valence-corrected chi connectivity index (χ0v) is 11.9. The third-order valence-electron chi connectivity index (χ3n) is 3.06. The van der Waals surface area contributed by atoms with Crippen LogP contribution in [0.3, 0.4) is 0 Å². The fourth-order valence-electron chi connectivity index (χ4n) is 2.10. The van der Waals surface area contributed by atoms with Crippen molar-refractivity contribution in [2.24, 2.45) is 0 Å². The highest BCUT2D eigenvalue weighted by Gasteiger charge is 2.14. The Labute approximate surface area is 126 Å². The Bertz CT molecular complexity index is 765. The van der Waals surface area contributed by atoms with E-state index in [0.29, 0.717) is 10.6 Å². The van der Waals surface area contributed by atoms with Crippen molar-refractivity contribution in [3.8, 4) is 16.9 Å². The minimum atomic E-state index is -0.172. The van der Waals surface area contributed by atoms with Crippen molar-refractivity contribution in [2.75, 3.05) is 5.32 Å². The fraction of sp³-hybridized carbons (Fsp3) is 0. The van der Waals surface area contributed by atoms with Crippen LogP contribution in [0.5, 0.6) is 5.75 Å². The Hall–Kier alpha value is -2.59. The Morgan fingerprint density at radius 3 is 2.57 bits per heavy atom. The number of rotatable bonds is 3. The molecular formula is C17H13NO2S. The van der Waals surface area contributed by atoms with Crippen molar-refractivity contribution in [3.63, 3.8) is 0 Å². The van der Waals surface area contributed by atoms with Crippen molar-refractivity contribution in [1.29, 1.82) is 0 Å². The molecule has 21 heavy (non-hydrogen) atoms. The molecule has 3 rings (SSSR count). The van der Waals surface area contributed by atoms with Gasteiger partial charge in [-0.15, -0.1) is 11.3 Å². The van der Waals surface area contributed by atoms with Crippen molar-refractivity contribution in [1.82, 2.24) is 0 Å². The third kappa shape index (κ3) is 2.95. The molecule has 0 aliphatic rings. The lowest BCUT2D eigenvalue weighted by Crippen LogP contribution is -2.11. The quantitative estimate of drug-likeness (QED) is 0.753. The summed E-state index contributed by atoms with van der Waals surface area (Å²) in [5.41, 5.74) is 2.51. The van der Waals surface area contributed by atoms with E-state index in [0.717, 1.165) is 11.1 Å². The van der Waals surface area contributed by atoms with Gasteiger partial charge in [0.05, 0.1) is 4.88 Å². The monoisotopic (exact) mass is 295 g/mol. The molecule has 104 valence electrons. The van der Waals surface area contributed by atoms with Crippen LogP contribution in [0.25, 0.3) is 11.1 Å². The predicted octanol–water partition coefficient (Wildman–Crippen LogP) is 4.37. The first-order chi connectivity index (χ1) is 10.2. The van der Waals surface area contributed by atoms with E-state index in [4.69, 9.17) is 0 Å². The molecule has 0 aliphatic carbocycles. The summed E-state index contributed by atoms with van der Waals surface area (Å²) in [6.45, 7) is 0. The first-order valence-corrected chi connectivity index (χ1v) is 7.35. The molecule has 4 heteroatoms. The highest BCUT2D eigenvalue weighted by atomic mass is 32.1. The lowest BCUT2D eigenvalue weighted by molar-refractivity contribution is 0.103. The van der Waals surface area contributed by atoms with Crippen LogP contribution >= 0.6 is 11.3 Å². The molecule has 0 radical (unpaired) electrons. The van der Waals surface area contributed by atoms with Gasteiger partial charge in [-0.05, 0) is 29.1 Å². The van der Waals surface area contributed by atoms with Gasteiger partial charge in [-0.1, -0.05) is 36.4 Å². The Morgan fingerprint density at radius 1 is 1.00 bits per heavy atom. The Morgan fingerprint density at radius 2 is 1.81 bits per heavy atom. The number of phenols is 1. The lowest BCUT2D eigenvalue weighted by Gasteiger charge is -2.06. The maximum Gasteiger partial charge on any atom is 0.266 e. The summed E-state index contributed by atoms with van der Waals surface area (Å²) in [6, 6.07) is 18.3. The van der Waals surface area contributed by atoms with Gasteiger partial charge in [0.25, 0.3) is 5.91 Å². The van der Waals surface area contributed by atoms with E-state index in [9.17, 15) is 9.90 Å². The van der Waals surface area contributed by atoms with Gasteiger partial charge in [-0.2, -0.15) is 0 Å². The number of amides is 1. The minimum absolute atomic E-state index is 0.127. The molecule has 0 unspecified atom stereocenters. The van der Waals surface area contributed by atoms with Gasteiger partial charge in [-0.25, -0.2) is 0 Å². The highest BCUT2D eigenvalue weighted by Crippen LogP contribution is 2.29. The molecule has 3 aromatic rings. The summed E-state index contributed by atoms with van der Waals surface area (Å²) in [5, 5.41) is 14.1. The molecular weight excluding hydrogens is 282 g/mol. The minimum Gasteiger partial charge on any atom is -0.508 e. The molecule has 2 aromatic carbocycles. The summed E-state index contributed by atoms with van der Waals surface area (Å²) in [6.07, 6.45) is 0. The zero-order valence-electron chi connectivity index (χ0n) is 11.1. The largest absolute Gasteiger partial charge is 0.508 e. The Balaban J connectivity index is 1.88. The van der Waals surface area contributed by atoms with E-state index < -0.39 is 0 Å². The number of anilines is 1. The normalized spacial score (nSPS) is 10.3. The molecule has 0 aliphatic heterocycles. The van der Waals surface area contributed by atoms with Gasteiger partial charge < -0.3 is 10.4 Å². The summed E-state index contributed by atoms with van der Waals surface area (Å²) in [4.78, 5) is 13.1. The van der Waals surface area contributed by atoms with Crippen molar-refractivity contribution in [3.05, 3.63) is 70.9 Å². The average molecular weight is 295 g/mol. The number of hydrogen-bond donors (Lipinski definition) is 2. The van der Waals surface area contributed by atoms with E-state index >= 15 is 0 Å². The topological polar surface area (TPSA) is 49.3 Å². The second-order valence-electron chi connectivity index (χ2n) is 4.53. The number of carbonyl (C=O) groups excluding carboxylic acids is 1.